The Morgan fingerprint density at radius 2 is 0.771 bits per heavy atom. The molecule has 1 aliphatic carbocycles. The zero-order valence-electron chi connectivity index (χ0n) is 25.3. The van der Waals surface area contributed by atoms with Crippen molar-refractivity contribution in [2.75, 3.05) is 0 Å². The summed E-state index contributed by atoms with van der Waals surface area (Å²) in [6, 6.07) is 0. The third kappa shape index (κ3) is 17.2. The van der Waals surface area contributed by atoms with Gasteiger partial charge in [0.25, 0.3) is 0 Å². The molecule has 1 atom stereocenters. The van der Waals surface area contributed by atoms with Gasteiger partial charge in [-0.1, -0.05) is 181 Å². The van der Waals surface area contributed by atoms with Crippen LogP contribution in [0.1, 0.15) is 213 Å². The monoisotopic (exact) mass is 491 g/mol. The van der Waals surface area contributed by atoms with Crippen molar-refractivity contribution >= 4 is 0 Å². The Bertz CT molecular complexity index is 390. The molecule has 0 aromatic rings. The van der Waals surface area contributed by atoms with E-state index in [2.05, 4.69) is 20.8 Å². The van der Waals surface area contributed by atoms with Crippen LogP contribution in [0.3, 0.4) is 0 Å². The molecule has 0 spiro atoms. The molecule has 1 aliphatic rings. The van der Waals surface area contributed by atoms with E-state index in [9.17, 15) is 0 Å². The molecule has 35 heavy (non-hydrogen) atoms. The quantitative estimate of drug-likeness (QED) is 0.100. The highest BCUT2D eigenvalue weighted by molar-refractivity contribution is 4.91. The first-order valence-electron chi connectivity index (χ1n) is 17.3. The summed E-state index contributed by atoms with van der Waals surface area (Å²) in [5.74, 6) is 1.07. The minimum absolute atomic E-state index is 0.742. The minimum Gasteiger partial charge on any atom is -0.0654 e. The summed E-state index contributed by atoms with van der Waals surface area (Å²) in [5, 5.41) is 0. The molecule has 0 heterocycles. The second-order valence-corrected chi connectivity index (χ2v) is 12.7. The summed E-state index contributed by atoms with van der Waals surface area (Å²) >= 11 is 0. The van der Waals surface area contributed by atoms with Crippen molar-refractivity contribution in [1.29, 1.82) is 0 Å². The summed E-state index contributed by atoms with van der Waals surface area (Å²) in [6.07, 6.45) is 44.8. The average Bonchev–Trinajstić information content (AvgIpc) is 3.26. The molecule has 0 N–H and O–H groups in total. The van der Waals surface area contributed by atoms with Gasteiger partial charge in [-0.05, 0) is 43.4 Å². The smallest absolute Gasteiger partial charge is 0.0269 e. The first-order chi connectivity index (χ1) is 17.3. The van der Waals surface area contributed by atoms with Gasteiger partial charge in [0.1, 0.15) is 0 Å². The van der Waals surface area contributed by atoms with Crippen LogP contribution in [-0.4, -0.2) is 0 Å². The molecule has 1 saturated carbocycles. The van der Waals surface area contributed by atoms with Crippen LogP contribution in [0.2, 0.25) is 0 Å². The van der Waals surface area contributed by atoms with Gasteiger partial charge >= 0.3 is 0 Å². The molecule has 0 aromatic heterocycles. The van der Waals surface area contributed by atoms with Crippen molar-refractivity contribution in [2.45, 2.75) is 213 Å². The highest BCUT2D eigenvalue weighted by Crippen LogP contribution is 2.52. The number of unbranched alkanes of at least 4 members (excludes halogenated alkanes) is 21. The van der Waals surface area contributed by atoms with Crippen LogP contribution in [0, 0.1) is 11.3 Å². The maximum atomic E-state index is 2.33. The van der Waals surface area contributed by atoms with E-state index in [0.717, 1.165) is 11.3 Å². The summed E-state index contributed by atoms with van der Waals surface area (Å²) in [6.45, 7) is 6.99. The average molecular weight is 491 g/mol. The van der Waals surface area contributed by atoms with Crippen molar-refractivity contribution in [3.63, 3.8) is 0 Å². The molecule has 1 fully saturated rings. The van der Waals surface area contributed by atoms with E-state index in [4.69, 9.17) is 0 Å². The predicted octanol–water partition coefficient (Wildman–Crippen LogP) is 13.4. The molecular formula is C35H70. The van der Waals surface area contributed by atoms with Gasteiger partial charge in [0.2, 0.25) is 0 Å². The fourth-order valence-electron chi connectivity index (χ4n) is 7.19. The molecule has 0 aromatic carbocycles. The number of hydrogen-bond acceptors (Lipinski definition) is 0. The number of rotatable bonds is 27. The lowest BCUT2D eigenvalue weighted by atomic mass is 9.68. The van der Waals surface area contributed by atoms with E-state index in [1.165, 1.54) is 161 Å². The van der Waals surface area contributed by atoms with Gasteiger partial charge in [0.15, 0.2) is 0 Å². The van der Waals surface area contributed by atoms with Gasteiger partial charge in [-0.2, -0.15) is 0 Å². The topological polar surface area (TPSA) is 0 Å². The highest BCUT2D eigenvalue weighted by atomic mass is 14.5. The molecule has 0 radical (unpaired) electrons. The Kier molecular flexibility index (Phi) is 23.0. The summed E-state index contributed by atoms with van der Waals surface area (Å²) in [4.78, 5) is 0. The van der Waals surface area contributed by atoms with Crippen molar-refractivity contribution in [3.8, 4) is 0 Å². The second-order valence-electron chi connectivity index (χ2n) is 12.7. The van der Waals surface area contributed by atoms with Crippen molar-refractivity contribution in [1.82, 2.24) is 0 Å². The largest absolute Gasteiger partial charge is 0.0654 e. The first-order valence-corrected chi connectivity index (χ1v) is 17.3. The molecule has 0 amide bonds. The molecule has 1 unspecified atom stereocenters. The maximum absolute atomic E-state index is 2.33. The molecule has 0 heteroatoms. The third-order valence-electron chi connectivity index (χ3n) is 9.56. The molecule has 1 rings (SSSR count). The fourth-order valence-corrected chi connectivity index (χ4v) is 7.19. The third-order valence-corrected chi connectivity index (χ3v) is 9.56. The van der Waals surface area contributed by atoms with E-state index < -0.39 is 0 Å². The zero-order valence-corrected chi connectivity index (χ0v) is 25.3. The van der Waals surface area contributed by atoms with Crippen molar-refractivity contribution in [3.05, 3.63) is 0 Å². The fraction of sp³-hybridized carbons (Fsp3) is 1.00. The molecule has 0 nitrogen and oxygen atoms in total. The van der Waals surface area contributed by atoms with Crippen LogP contribution in [0.15, 0.2) is 0 Å². The van der Waals surface area contributed by atoms with Crippen LogP contribution in [0.5, 0.6) is 0 Å². The van der Waals surface area contributed by atoms with Crippen LogP contribution in [0.25, 0.3) is 0 Å². The Balaban J connectivity index is 2.36. The van der Waals surface area contributed by atoms with E-state index in [0.29, 0.717) is 0 Å². The van der Waals surface area contributed by atoms with Gasteiger partial charge in [0.05, 0.1) is 0 Å². The first kappa shape index (κ1) is 33.0. The molecule has 0 saturated heterocycles. The lowest BCUT2D eigenvalue weighted by Crippen LogP contribution is -2.26. The Labute approximate surface area is 224 Å². The predicted molar refractivity (Wildman–Crippen MR) is 161 cm³/mol. The van der Waals surface area contributed by atoms with Crippen LogP contribution in [-0.2, 0) is 0 Å². The Morgan fingerprint density at radius 3 is 1.17 bits per heavy atom. The van der Waals surface area contributed by atoms with Crippen molar-refractivity contribution in [2.24, 2.45) is 11.3 Å². The van der Waals surface area contributed by atoms with E-state index in [1.54, 1.807) is 32.1 Å². The molecular weight excluding hydrogens is 420 g/mol. The van der Waals surface area contributed by atoms with Crippen LogP contribution >= 0.6 is 0 Å². The summed E-state index contributed by atoms with van der Waals surface area (Å²) < 4.78 is 0. The number of hydrogen-bond donors (Lipinski definition) is 0. The van der Waals surface area contributed by atoms with E-state index in [-0.39, 0.29) is 0 Å². The van der Waals surface area contributed by atoms with Gasteiger partial charge in [-0.3, -0.25) is 0 Å². The van der Waals surface area contributed by atoms with Crippen LogP contribution in [0.4, 0.5) is 0 Å². The summed E-state index contributed by atoms with van der Waals surface area (Å²) in [5.41, 5.74) is 0.742. The van der Waals surface area contributed by atoms with E-state index >= 15 is 0 Å². The van der Waals surface area contributed by atoms with Crippen LogP contribution < -0.4 is 0 Å². The molecule has 0 aliphatic heterocycles. The minimum atomic E-state index is 0.742. The highest BCUT2D eigenvalue weighted by Gasteiger charge is 2.40. The lowest BCUT2D eigenvalue weighted by molar-refractivity contribution is 0.141. The Morgan fingerprint density at radius 1 is 0.429 bits per heavy atom. The summed E-state index contributed by atoms with van der Waals surface area (Å²) in [7, 11) is 0. The SMILES string of the molecule is CCCCCCCCCCC1CCCC1(CCCCCCCCCC)CCCCCCCCCC. The second kappa shape index (κ2) is 24.3. The normalized spacial score (nSPS) is 17.4. The lowest BCUT2D eigenvalue weighted by Gasteiger charge is -2.37. The van der Waals surface area contributed by atoms with E-state index in [1.807, 2.05) is 0 Å². The molecule has 210 valence electrons. The Hall–Kier alpha value is 0. The van der Waals surface area contributed by atoms with Gasteiger partial charge in [-0.15, -0.1) is 0 Å². The standard InChI is InChI=1S/C35H70/c1-4-7-10-13-16-19-22-25-29-34-30-28-33-35(34,31-26-23-20-17-14-11-8-5-2)32-27-24-21-18-15-12-9-6-3/h34H,4-33H2,1-3H3. The van der Waals surface area contributed by atoms with Gasteiger partial charge in [0, 0.05) is 0 Å². The van der Waals surface area contributed by atoms with Gasteiger partial charge in [-0.25, -0.2) is 0 Å². The van der Waals surface area contributed by atoms with Gasteiger partial charge < -0.3 is 0 Å². The maximum Gasteiger partial charge on any atom is -0.0269 e. The van der Waals surface area contributed by atoms with Crippen molar-refractivity contribution < 1.29 is 0 Å². The zero-order chi connectivity index (χ0) is 25.3. The molecule has 0 bridgehead atoms.